The molecule has 4 nitrogen and oxygen atoms in total. The minimum atomic E-state index is -0.0595. The van der Waals surface area contributed by atoms with Crippen LogP contribution in [0.2, 0.25) is 0 Å². The molecule has 0 radical (unpaired) electrons. The first kappa shape index (κ1) is 16.7. The third-order valence-electron chi connectivity index (χ3n) is 4.22. The number of benzene rings is 2. The molecular weight excluding hydrogens is 300 g/mol. The summed E-state index contributed by atoms with van der Waals surface area (Å²) in [6.07, 6.45) is 2.88. The molecular formula is C20H24N2O2. The lowest BCUT2D eigenvalue weighted by Crippen LogP contribution is -2.35. The third kappa shape index (κ3) is 4.91. The van der Waals surface area contributed by atoms with Gasteiger partial charge in [0.15, 0.2) is 0 Å². The zero-order valence-electron chi connectivity index (χ0n) is 13.8. The summed E-state index contributed by atoms with van der Waals surface area (Å²) in [6.45, 7) is 2.16. The van der Waals surface area contributed by atoms with Crippen LogP contribution in [0.3, 0.4) is 0 Å². The molecule has 0 bridgehead atoms. The number of amides is 1. The minimum Gasteiger partial charge on any atom is -0.376 e. The summed E-state index contributed by atoms with van der Waals surface area (Å²) in [5.41, 5.74) is 3.18. The number of hydrogen-bond donors (Lipinski definition) is 2. The smallest absolute Gasteiger partial charge is 0.241 e. The molecule has 1 amide bonds. The number of nitrogens with one attached hydrogen (secondary N) is 2. The van der Waals surface area contributed by atoms with Gasteiger partial charge < -0.3 is 15.4 Å². The summed E-state index contributed by atoms with van der Waals surface area (Å²) in [4.78, 5) is 12.1. The van der Waals surface area contributed by atoms with Crippen molar-refractivity contribution in [2.75, 3.05) is 18.5 Å². The first-order valence-electron chi connectivity index (χ1n) is 8.56. The Kier molecular flexibility index (Phi) is 5.99. The normalized spacial score (nSPS) is 16.9. The molecule has 2 aromatic rings. The second-order valence-electron chi connectivity index (χ2n) is 6.13. The van der Waals surface area contributed by atoms with E-state index in [1.165, 1.54) is 5.56 Å². The topological polar surface area (TPSA) is 50.4 Å². The van der Waals surface area contributed by atoms with Crippen LogP contribution in [0, 0.1) is 0 Å². The van der Waals surface area contributed by atoms with Crippen LogP contribution >= 0.6 is 0 Å². The Balaban J connectivity index is 1.45. The highest BCUT2D eigenvalue weighted by Crippen LogP contribution is 2.14. The first-order chi connectivity index (χ1) is 11.8. The van der Waals surface area contributed by atoms with Crippen LogP contribution in [-0.2, 0) is 22.6 Å². The molecule has 1 unspecified atom stereocenters. The van der Waals surface area contributed by atoms with E-state index < -0.39 is 0 Å². The van der Waals surface area contributed by atoms with Crippen molar-refractivity contribution >= 4 is 11.6 Å². The molecule has 0 spiro atoms. The van der Waals surface area contributed by atoms with Crippen molar-refractivity contribution in [2.24, 2.45) is 0 Å². The van der Waals surface area contributed by atoms with Crippen LogP contribution in [0.4, 0.5) is 5.69 Å². The summed E-state index contributed by atoms with van der Waals surface area (Å²) < 4.78 is 5.76. The van der Waals surface area contributed by atoms with Crippen LogP contribution in [0.5, 0.6) is 0 Å². The lowest BCUT2D eigenvalue weighted by atomic mass is 10.1. The number of ether oxygens (including phenoxy) is 1. The molecule has 0 saturated carbocycles. The van der Waals surface area contributed by atoms with Gasteiger partial charge in [-0.2, -0.15) is 0 Å². The average molecular weight is 324 g/mol. The van der Waals surface area contributed by atoms with E-state index in [2.05, 4.69) is 22.8 Å². The molecule has 0 aliphatic carbocycles. The maximum Gasteiger partial charge on any atom is 0.241 e. The summed E-state index contributed by atoms with van der Waals surface area (Å²) in [5.74, 6) is 0.0506. The Hall–Kier alpha value is -2.17. The maximum absolute atomic E-state index is 12.1. The third-order valence-corrected chi connectivity index (χ3v) is 4.22. The highest BCUT2D eigenvalue weighted by atomic mass is 16.5. The van der Waals surface area contributed by atoms with E-state index in [1.54, 1.807) is 0 Å². The van der Waals surface area contributed by atoms with E-state index in [0.29, 0.717) is 13.2 Å². The Morgan fingerprint density at radius 3 is 2.75 bits per heavy atom. The van der Waals surface area contributed by atoms with Crippen LogP contribution in [0.1, 0.15) is 24.0 Å². The van der Waals surface area contributed by atoms with Crippen molar-refractivity contribution in [1.29, 1.82) is 0 Å². The van der Waals surface area contributed by atoms with E-state index >= 15 is 0 Å². The van der Waals surface area contributed by atoms with Crippen LogP contribution in [0.25, 0.3) is 0 Å². The predicted molar refractivity (Wildman–Crippen MR) is 95.9 cm³/mol. The van der Waals surface area contributed by atoms with E-state index in [4.69, 9.17) is 4.74 Å². The lowest BCUT2D eigenvalue weighted by Gasteiger charge is -2.12. The molecule has 1 heterocycles. The maximum atomic E-state index is 12.1. The molecule has 3 rings (SSSR count). The molecule has 4 heteroatoms. The minimum absolute atomic E-state index is 0.0506. The number of anilines is 1. The monoisotopic (exact) mass is 324 g/mol. The van der Waals surface area contributed by atoms with Gasteiger partial charge in [0.25, 0.3) is 0 Å². The van der Waals surface area contributed by atoms with Crippen molar-refractivity contribution < 1.29 is 9.53 Å². The molecule has 1 aliphatic rings. The van der Waals surface area contributed by atoms with Gasteiger partial charge in [0.2, 0.25) is 5.91 Å². The van der Waals surface area contributed by atoms with Crippen molar-refractivity contribution in [3.8, 4) is 0 Å². The molecule has 24 heavy (non-hydrogen) atoms. The van der Waals surface area contributed by atoms with Crippen LogP contribution in [0.15, 0.2) is 54.6 Å². The Bertz CT molecular complexity index is 652. The zero-order valence-corrected chi connectivity index (χ0v) is 13.8. The Morgan fingerprint density at radius 2 is 1.96 bits per heavy atom. The molecule has 0 aromatic heterocycles. The molecule has 2 N–H and O–H groups in total. The number of hydrogen-bond acceptors (Lipinski definition) is 3. The van der Waals surface area contributed by atoms with Crippen molar-refractivity contribution in [3.63, 3.8) is 0 Å². The summed E-state index contributed by atoms with van der Waals surface area (Å²) in [7, 11) is 0. The SMILES string of the molecule is O=C(Nc1cccc(COCCc2ccccc2)c1)C1CCCN1. The second-order valence-corrected chi connectivity index (χ2v) is 6.13. The average Bonchev–Trinajstić information content (AvgIpc) is 3.15. The Labute approximate surface area is 143 Å². The highest BCUT2D eigenvalue weighted by molar-refractivity contribution is 5.95. The van der Waals surface area contributed by atoms with Gasteiger partial charge >= 0.3 is 0 Å². The molecule has 1 saturated heterocycles. The van der Waals surface area contributed by atoms with Gasteiger partial charge in [0.1, 0.15) is 0 Å². The van der Waals surface area contributed by atoms with Crippen molar-refractivity contribution in [3.05, 3.63) is 65.7 Å². The fourth-order valence-electron chi connectivity index (χ4n) is 2.90. The highest BCUT2D eigenvalue weighted by Gasteiger charge is 2.21. The van der Waals surface area contributed by atoms with E-state index in [1.807, 2.05) is 42.5 Å². The molecule has 126 valence electrons. The van der Waals surface area contributed by atoms with Gasteiger partial charge in [-0.1, -0.05) is 42.5 Å². The number of rotatable bonds is 7. The quantitative estimate of drug-likeness (QED) is 0.769. The lowest BCUT2D eigenvalue weighted by molar-refractivity contribution is -0.117. The van der Waals surface area contributed by atoms with Gasteiger partial charge in [0, 0.05) is 5.69 Å². The van der Waals surface area contributed by atoms with Crippen molar-refractivity contribution in [2.45, 2.75) is 31.9 Å². The van der Waals surface area contributed by atoms with Gasteiger partial charge in [0.05, 0.1) is 19.3 Å². The van der Waals surface area contributed by atoms with Crippen molar-refractivity contribution in [1.82, 2.24) is 5.32 Å². The standard InChI is InChI=1S/C20H24N2O2/c23-20(19-10-5-12-21-19)22-18-9-4-8-17(14-18)15-24-13-11-16-6-2-1-3-7-16/h1-4,6-9,14,19,21H,5,10-13,15H2,(H,22,23). The van der Waals surface area contributed by atoms with Gasteiger partial charge in [-0.3, -0.25) is 4.79 Å². The van der Waals surface area contributed by atoms with E-state index in [9.17, 15) is 4.79 Å². The van der Waals surface area contributed by atoms with Gasteiger partial charge in [-0.15, -0.1) is 0 Å². The van der Waals surface area contributed by atoms with E-state index in [-0.39, 0.29) is 11.9 Å². The van der Waals surface area contributed by atoms with Crippen LogP contribution < -0.4 is 10.6 Å². The second kappa shape index (κ2) is 8.62. The molecule has 2 aromatic carbocycles. The number of carbonyl (C=O) groups excluding carboxylic acids is 1. The summed E-state index contributed by atoms with van der Waals surface area (Å²) >= 11 is 0. The fraction of sp³-hybridized carbons (Fsp3) is 0.350. The first-order valence-corrected chi connectivity index (χ1v) is 8.56. The number of carbonyl (C=O) groups is 1. The Morgan fingerprint density at radius 1 is 1.12 bits per heavy atom. The predicted octanol–water partition coefficient (Wildman–Crippen LogP) is 3.14. The summed E-state index contributed by atoms with van der Waals surface area (Å²) in [6, 6.07) is 18.1. The summed E-state index contributed by atoms with van der Waals surface area (Å²) in [5, 5.41) is 6.20. The zero-order chi connectivity index (χ0) is 16.6. The molecule has 1 atom stereocenters. The fourth-order valence-corrected chi connectivity index (χ4v) is 2.90. The van der Waals surface area contributed by atoms with E-state index in [0.717, 1.165) is 37.1 Å². The van der Waals surface area contributed by atoms with Gasteiger partial charge in [-0.05, 0) is 49.1 Å². The largest absolute Gasteiger partial charge is 0.376 e. The van der Waals surface area contributed by atoms with Crippen LogP contribution in [-0.4, -0.2) is 25.1 Å². The van der Waals surface area contributed by atoms with Gasteiger partial charge in [-0.25, -0.2) is 0 Å². The molecule has 1 fully saturated rings. The molecule has 1 aliphatic heterocycles.